The van der Waals surface area contributed by atoms with Crippen LogP contribution in [-0.4, -0.2) is 39.6 Å². The van der Waals surface area contributed by atoms with Gasteiger partial charge in [-0.2, -0.15) is 0 Å². The molecule has 0 saturated heterocycles. The second-order valence-corrected chi connectivity index (χ2v) is 5.74. The summed E-state index contributed by atoms with van der Waals surface area (Å²) in [5, 5.41) is 0. The number of sulfone groups is 1. The number of carbonyl (C=O) groups is 1. The van der Waals surface area contributed by atoms with Gasteiger partial charge in [-0.15, -0.1) is 0 Å². The number of anilines is 1. The van der Waals surface area contributed by atoms with Gasteiger partial charge in [0.15, 0.2) is 9.84 Å². The molecule has 0 bridgehead atoms. The molecule has 0 aliphatic rings. The Labute approximate surface area is 94.8 Å². The van der Waals surface area contributed by atoms with Crippen LogP contribution < -0.4 is 5.73 Å². The van der Waals surface area contributed by atoms with Crippen LogP contribution in [0.1, 0.15) is 10.4 Å². The van der Waals surface area contributed by atoms with Crippen molar-refractivity contribution in [2.24, 2.45) is 0 Å². The summed E-state index contributed by atoms with van der Waals surface area (Å²) in [4.78, 5) is 13.1. The van der Waals surface area contributed by atoms with Crippen molar-refractivity contribution in [1.29, 1.82) is 0 Å². The van der Waals surface area contributed by atoms with Crippen LogP contribution in [-0.2, 0) is 9.84 Å². The molecule has 5 nitrogen and oxygen atoms in total. The fourth-order valence-corrected chi connectivity index (χ4v) is 1.86. The number of nitrogens with two attached hydrogens (primary N) is 1. The van der Waals surface area contributed by atoms with Gasteiger partial charge in [-0.3, -0.25) is 4.79 Å². The standard InChI is InChI=1S/C10H14N2O3S/c1-12(2)10(13)8-5-4-7(6-9(8)11)16(3,14)15/h4-6H,11H2,1-3H3. The summed E-state index contributed by atoms with van der Waals surface area (Å²) in [6, 6.07) is 4.10. The monoisotopic (exact) mass is 242 g/mol. The molecule has 0 heterocycles. The normalized spacial score (nSPS) is 11.2. The molecule has 88 valence electrons. The number of amides is 1. The van der Waals surface area contributed by atoms with Crippen LogP contribution in [0.15, 0.2) is 23.1 Å². The second-order valence-electron chi connectivity index (χ2n) is 3.72. The van der Waals surface area contributed by atoms with E-state index in [1.165, 1.54) is 23.1 Å². The molecule has 2 N–H and O–H groups in total. The number of carbonyl (C=O) groups excluding carboxylic acids is 1. The Morgan fingerprint density at radius 1 is 1.31 bits per heavy atom. The molecule has 16 heavy (non-hydrogen) atoms. The molecule has 1 rings (SSSR count). The zero-order valence-corrected chi connectivity index (χ0v) is 10.2. The van der Waals surface area contributed by atoms with Gasteiger partial charge in [-0.1, -0.05) is 0 Å². The fourth-order valence-electron chi connectivity index (χ4n) is 1.21. The van der Waals surface area contributed by atoms with Crippen molar-refractivity contribution in [3.05, 3.63) is 23.8 Å². The highest BCUT2D eigenvalue weighted by Gasteiger charge is 2.14. The average Bonchev–Trinajstić information content (AvgIpc) is 2.15. The van der Waals surface area contributed by atoms with Gasteiger partial charge in [0.25, 0.3) is 5.91 Å². The maximum Gasteiger partial charge on any atom is 0.255 e. The topological polar surface area (TPSA) is 80.5 Å². The fraction of sp³-hybridized carbons (Fsp3) is 0.300. The largest absolute Gasteiger partial charge is 0.398 e. The summed E-state index contributed by atoms with van der Waals surface area (Å²) in [5.41, 5.74) is 6.12. The smallest absolute Gasteiger partial charge is 0.255 e. The number of hydrogen-bond donors (Lipinski definition) is 1. The maximum absolute atomic E-state index is 11.6. The second kappa shape index (κ2) is 4.13. The highest BCUT2D eigenvalue weighted by atomic mass is 32.2. The summed E-state index contributed by atoms with van der Waals surface area (Å²) in [6.45, 7) is 0. The molecular weight excluding hydrogens is 228 g/mol. The van der Waals surface area contributed by atoms with Crippen LogP contribution in [0.3, 0.4) is 0 Å². The first kappa shape index (κ1) is 12.5. The zero-order chi connectivity index (χ0) is 12.5. The molecule has 0 fully saturated rings. The molecule has 6 heteroatoms. The van der Waals surface area contributed by atoms with E-state index in [0.717, 1.165) is 6.26 Å². The van der Waals surface area contributed by atoms with E-state index in [-0.39, 0.29) is 16.5 Å². The van der Waals surface area contributed by atoms with Gasteiger partial charge in [-0.25, -0.2) is 8.42 Å². The maximum atomic E-state index is 11.6. The van der Waals surface area contributed by atoms with E-state index in [9.17, 15) is 13.2 Å². The summed E-state index contributed by atoms with van der Waals surface area (Å²) >= 11 is 0. The van der Waals surface area contributed by atoms with Gasteiger partial charge in [0, 0.05) is 26.0 Å². The van der Waals surface area contributed by atoms with Gasteiger partial charge in [0.1, 0.15) is 0 Å². The summed E-state index contributed by atoms with van der Waals surface area (Å²) in [5.74, 6) is -0.252. The Kier molecular flexibility index (Phi) is 3.23. The van der Waals surface area contributed by atoms with Crippen LogP contribution in [0.2, 0.25) is 0 Å². The van der Waals surface area contributed by atoms with Crippen molar-refractivity contribution in [3.63, 3.8) is 0 Å². The van der Waals surface area contributed by atoms with Gasteiger partial charge in [0.05, 0.1) is 10.5 Å². The zero-order valence-electron chi connectivity index (χ0n) is 9.39. The molecule has 1 amide bonds. The minimum Gasteiger partial charge on any atom is -0.398 e. The van der Waals surface area contributed by atoms with Gasteiger partial charge in [-0.05, 0) is 18.2 Å². The SMILES string of the molecule is CN(C)C(=O)c1ccc(S(C)(=O)=O)cc1N. The molecule has 0 unspecified atom stereocenters. The Bertz CT molecular complexity index is 521. The van der Waals surface area contributed by atoms with Gasteiger partial charge < -0.3 is 10.6 Å². The molecule has 0 aliphatic heterocycles. The van der Waals surface area contributed by atoms with Crippen molar-refractivity contribution < 1.29 is 13.2 Å². The predicted molar refractivity (Wildman–Crippen MR) is 62.0 cm³/mol. The van der Waals surface area contributed by atoms with Gasteiger partial charge in [0.2, 0.25) is 0 Å². The number of nitrogens with zero attached hydrogens (tertiary/aromatic N) is 1. The van der Waals surface area contributed by atoms with E-state index in [1.54, 1.807) is 14.1 Å². The van der Waals surface area contributed by atoms with Crippen LogP contribution in [0.4, 0.5) is 5.69 Å². The predicted octanol–water partition coefficient (Wildman–Crippen LogP) is 0.374. The van der Waals surface area contributed by atoms with Crippen LogP contribution in [0, 0.1) is 0 Å². The number of hydrogen-bond acceptors (Lipinski definition) is 4. The molecule has 0 aliphatic carbocycles. The van der Waals surface area contributed by atoms with E-state index in [0.29, 0.717) is 5.56 Å². The molecule has 1 aromatic rings. The highest BCUT2D eigenvalue weighted by molar-refractivity contribution is 7.90. The molecule has 0 radical (unpaired) electrons. The van der Waals surface area contributed by atoms with E-state index in [1.807, 2.05) is 0 Å². The number of nitrogen functional groups attached to an aromatic ring is 1. The van der Waals surface area contributed by atoms with Gasteiger partial charge >= 0.3 is 0 Å². The van der Waals surface area contributed by atoms with E-state index < -0.39 is 9.84 Å². The lowest BCUT2D eigenvalue weighted by Gasteiger charge is -2.12. The van der Waals surface area contributed by atoms with Crippen molar-refractivity contribution in [2.45, 2.75) is 4.90 Å². The lowest BCUT2D eigenvalue weighted by molar-refractivity contribution is 0.0828. The van der Waals surface area contributed by atoms with Crippen molar-refractivity contribution in [3.8, 4) is 0 Å². The first-order valence-electron chi connectivity index (χ1n) is 4.54. The molecule has 1 aromatic carbocycles. The number of benzene rings is 1. The first-order chi connectivity index (χ1) is 7.23. The lowest BCUT2D eigenvalue weighted by Crippen LogP contribution is -2.22. The van der Waals surface area contributed by atoms with Crippen LogP contribution in [0.25, 0.3) is 0 Å². The minimum absolute atomic E-state index is 0.111. The molecular formula is C10H14N2O3S. The lowest BCUT2D eigenvalue weighted by atomic mass is 10.1. The summed E-state index contributed by atoms with van der Waals surface area (Å²) in [6.07, 6.45) is 1.09. The first-order valence-corrected chi connectivity index (χ1v) is 6.44. The Balaban J connectivity index is 3.26. The average molecular weight is 242 g/mol. The van der Waals surface area contributed by atoms with Crippen molar-refractivity contribution >= 4 is 21.4 Å². The van der Waals surface area contributed by atoms with Crippen molar-refractivity contribution in [2.75, 3.05) is 26.1 Å². The van der Waals surface area contributed by atoms with E-state index in [4.69, 9.17) is 5.73 Å². The quantitative estimate of drug-likeness (QED) is 0.760. The van der Waals surface area contributed by atoms with E-state index >= 15 is 0 Å². The molecule has 0 atom stereocenters. The van der Waals surface area contributed by atoms with Crippen LogP contribution >= 0.6 is 0 Å². The summed E-state index contributed by atoms with van der Waals surface area (Å²) < 4.78 is 22.5. The summed E-state index contributed by atoms with van der Waals surface area (Å²) in [7, 11) is -0.0861. The Morgan fingerprint density at radius 2 is 1.88 bits per heavy atom. The van der Waals surface area contributed by atoms with Crippen LogP contribution in [0.5, 0.6) is 0 Å². The van der Waals surface area contributed by atoms with E-state index in [2.05, 4.69) is 0 Å². The molecule has 0 aromatic heterocycles. The third-order valence-electron chi connectivity index (χ3n) is 2.09. The highest BCUT2D eigenvalue weighted by Crippen LogP contribution is 2.18. The third-order valence-corrected chi connectivity index (χ3v) is 3.20. The Hall–Kier alpha value is -1.56. The molecule has 0 saturated carbocycles. The third kappa shape index (κ3) is 2.52. The Morgan fingerprint density at radius 3 is 2.25 bits per heavy atom. The molecule has 0 spiro atoms. The number of rotatable bonds is 2. The van der Waals surface area contributed by atoms with Crippen molar-refractivity contribution in [1.82, 2.24) is 4.90 Å². The minimum atomic E-state index is -3.29.